The van der Waals surface area contributed by atoms with Crippen LogP contribution in [0.3, 0.4) is 0 Å². The van der Waals surface area contributed by atoms with Crippen LogP contribution in [-0.4, -0.2) is 67.9 Å². The van der Waals surface area contributed by atoms with E-state index in [0.29, 0.717) is 5.69 Å². The molecule has 2 aromatic heterocycles. The zero-order valence-corrected chi connectivity index (χ0v) is 24.7. The van der Waals surface area contributed by atoms with Gasteiger partial charge in [-0.15, -0.1) is 0 Å². The molecular weight excluding hydrogens is 562 g/mol. The normalized spacial score (nSPS) is 14.0. The van der Waals surface area contributed by atoms with Gasteiger partial charge in [0.2, 0.25) is 17.7 Å². The Kier molecular flexibility index (Phi) is 10.9. The quantitative estimate of drug-likeness (QED) is 0.108. The van der Waals surface area contributed by atoms with Crippen molar-refractivity contribution >= 4 is 34.6 Å². The first kappa shape index (κ1) is 32.0. The van der Waals surface area contributed by atoms with Crippen molar-refractivity contribution in [1.29, 1.82) is 0 Å². The second-order valence-corrected chi connectivity index (χ2v) is 11.3. The predicted octanol–water partition coefficient (Wildman–Crippen LogP) is 1.83. The number of rotatable bonds is 15. The van der Waals surface area contributed by atoms with Crippen LogP contribution in [0.15, 0.2) is 73.3 Å². The van der Waals surface area contributed by atoms with Crippen LogP contribution in [0.5, 0.6) is 0 Å². The van der Waals surface area contributed by atoms with E-state index < -0.39 is 47.9 Å². The molecule has 4 unspecified atom stereocenters. The molecule has 4 atom stereocenters. The van der Waals surface area contributed by atoms with Crippen molar-refractivity contribution in [3.8, 4) is 0 Å². The number of carbonyl (C=O) groups excluding carboxylic acids is 3. The van der Waals surface area contributed by atoms with E-state index in [1.807, 2.05) is 68.4 Å². The summed E-state index contributed by atoms with van der Waals surface area (Å²) in [5.41, 5.74) is 9.27. The van der Waals surface area contributed by atoms with Gasteiger partial charge in [0.15, 0.2) is 0 Å². The van der Waals surface area contributed by atoms with Gasteiger partial charge in [-0.3, -0.25) is 14.4 Å². The van der Waals surface area contributed by atoms with E-state index in [-0.39, 0.29) is 31.6 Å². The molecule has 0 saturated carbocycles. The summed E-state index contributed by atoms with van der Waals surface area (Å²) in [5, 5.41) is 18.7. The van der Waals surface area contributed by atoms with Crippen LogP contribution in [0.2, 0.25) is 0 Å². The number of carbonyl (C=O) groups is 4. The number of H-pyrrole nitrogens is 2. The maximum absolute atomic E-state index is 13.8. The fourth-order valence-electron chi connectivity index (χ4n) is 5.03. The Morgan fingerprint density at radius 2 is 1.45 bits per heavy atom. The van der Waals surface area contributed by atoms with E-state index in [0.717, 1.165) is 22.0 Å². The Morgan fingerprint density at radius 3 is 2.11 bits per heavy atom. The van der Waals surface area contributed by atoms with Crippen molar-refractivity contribution in [2.75, 3.05) is 0 Å². The van der Waals surface area contributed by atoms with Crippen LogP contribution < -0.4 is 21.7 Å². The number of imidazole rings is 1. The molecule has 0 saturated heterocycles. The summed E-state index contributed by atoms with van der Waals surface area (Å²) in [6.45, 7) is 3.72. The second kappa shape index (κ2) is 15.0. The lowest BCUT2D eigenvalue weighted by Crippen LogP contribution is -2.58. The zero-order valence-electron chi connectivity index (χ0n) is 24.7. The molecule has 0 aliphatic carbocycles. The van der Waals surface area contributed by atoms with Gasteiger partial charge in [0, 0.05) is 41.8 Å². The van der Waals surface area contributed by atoms with Crippen LogP contribution >= 0.6 is 0 Å². The molecule has 0 aliphatic heterocycles. The van der Waals surface area contributed by atoms with Crippen LogP contribution in [0.25, 0.3) is 10.9 Å². The topological polar surface area (TPSA) is 195 Å². The number of carboxylic acids is 1. The number of fused-ring (bicyclic) bond motifs is 1. The SMILES string of the molecule is CC(C)CC(NC(=O)C(Cc1c[nH]c2ccccc12)NC(=O)C(Cc1cnc[nH]1)NC(=O)C(N)Cc1ccccc1)C(=O)O. The molecule has 0 bridgehead atoms. The van der Waals surface area contributed by atoms with Crippen LogP contribution in [0.1, 0.15) is 37.1 Å². The Bertz CT molecular complexity index is 1550. The van der Waals surface area contributed by atoms with E-state index in [1.54, 1.807) is 6.20 Å². The molecule has 8 N–H and O–H groups in total. The number of hydrogen-bond donors (Lipinski definition) is 7. The fraction of sp³-hybridized carbons (Fsp3) is 0.344. The van der Waals surface area contributed by atoms with E-state index in [1.165, 1.54) is 12.5 Å². The standard InChI is InChI=1S/C32H39N7O5/c1-19(2)12-28(32(43)44)39-30(41)26(14-21-16-35-25-11-7-6-10-23(21)25)38-31(42)27(15-22-17-34-18-36-22)37-29(40)24(33)13-20-8-4-3-5-9-20/h3-11,16-19,24,26-28,35H,12-15,33H2,1-2H3,(H,34,36)(H,37,40)(H,38,42)(H,39,41)(H,43,44). The van der Waals surface area contributed by atoms with Crippen molar-refractivity contribution in [2.24, 2.45) is 11.7 Å². The summed E-state index contributed by atoms with van der Waals surface area (Å²) in [4.78, 5) is 62.5. The predicted molar refractivity (Wildman–Crippen MR) is 165 cm³/mol. The van der Waals surface area contributed by atoms with Crippen LogP contribution in [0, 0.1) is 5.92 Å². The first-order valence-electron chi connectivity index (χ1n) is 14.6. The molecule has 12 heteroatoms. The monoisotopic (exact) mass is 601 g/mol. The maximum atomic E-state index is 13.8. The number of benzene rings is 2. The minimum atomic E-state index is -1.17. The van der Waals surface area contributed by atoms with Crippen molar-refractivity contribution in [3.63, 3.8) is 0 Å². The smallest absolute Gasteiger partial charge is 0.326 e. The van der Waals surface area contributed by atoms with E-state index in [4.69, 9.17) is 5.73 Å². The van der Waals surface area contributed by atoms with Gasteiger partial charge in [0.25, 0.3) is 0 Å². The van der Waals surface area contributed by atoms with Gasteiger partial charge >= 0.3 is 5.97 Å². The highest BCUT2D eigenvalue weighted by molar-refractivity contribution is 5.95. The number of hydrogen-bond acceptors (Lipinski definition) is 6. The van der Waals surface area contributed by atoms with Gasteiger partial charge < -0.3 is 36.8 Å². The minimum Gasteiger partial charge on any atom is -0.480 e. The molecule has 0 radical (unpaired) electrons. The summed E-state index contributed by atoms with van der Waals surface area (Å²) in [6, 6.07) is 12.5. The summed E-state index contributed by atoms with van der Waals surface area (Å²) in [5.74, 6) is -2.97. The number of carboxylic acid groups (broad SMARTS) is 1. The van der Waals surface area contributed by atoms with E-state index >= 15 is 0 Å². The Morgan fingerprint density at radius 1 is 0.818 bits per heavy atom. The molecule has 0 fully saturated rings. The molecule has 12 nitrogen and oxygen atoms in total. The van der Waals surface area contributed by atoms with Gasteiger partial charge in [0.05, 0.1) is 12.4 Å². The van der Waals surface area contributed by atoms with Gasteiger partial charge in [-0.2, -0.15) is 0 Å². The van der Waals surface area contributed by atoms with E-state index in [9.17, 15) is 24.3 Å². The summed E-state index contributed by atoms with van der Waals surface area (Å²) >= 11 is 0. The molecule has 0 spiro atoms. The molecule has 3 amide bonds. The molecule has 44 heavy (non-hydrogen) atoms. The highest BCUT2D eigenvalue weighted by Gasteiger charge is 2.31. The first-order chi connectivity index (χ1) is 21.1. The summed E-state index contributed by atoms with van der Waals surface area (Å²) in [6.07, 6.45) is 5.37. The Hall–Kier alpha value is -4.97. The van der Waals surface area contributed by atoms with Gasteiger partial charge in [-0.05, 0) is 36.0 Å². The average molecular weight is 602 g/mol. The first-order valence-corrected chi connectivity index (χ1v) is 14.6. The number of nitrogens with two attached hydrogens (primary N) is 1. The number of para-hydroxylation sites is 1. The summed E-state index contributed by atoms with van der Waals surface area (Å²) in [7, 11) is 0. The van der Waals surface area contributed by atoms with Crippen molar-refractivity contribution in [2.45, 2.75) is 63.7 Å². The molecule has 4 rings (SSSR count). The Labute approximate surface area is 255 Å². The van der Waals surface area contributed by atoms with Gasteiger partial charge in [-0.25, -0.2) is 9.78 Å². The molecule has 4 aromatic rings. The number of amides is 3. The lowest BCUT2D eigenvalue weighted by Gasteiger charge is -2.25. The number of aromatic amines is 2. The molecule has 2 aromatic carbocycles. The molecule has 0 aliphatic rings. The van der Waals surface area contributed by atoms with Crippen molar-refractivity contribution in [3.05, 3.63) is 90.1 Å². The van der Waals surface area contributed by atoms with Gasteiger partial charge in [0.1, 0.15) is 18.1 Å². The number of aromatic nitrogens is 3. The third-order valence-electron chi connectivity index (χ3n) is 7.30. The number of nitrogens with one attached hydrogen (secondary N) is 5. The number of nitrogens with zero attached hydrogens (tertiary/aromatic N) is 1. The number of aliphatic carboxylic acids is 1. The third kappa shape index (κ3) is 8.77. The van der Waals surface area contributed by atoms with Crippen LogP contribution in [-0.2, 0) is 38.4 Å². The van der Waals surface area contributed by atoms with Crippen molar-refractivity contribution in [1.82, 2.24) is 30.9 Å². The third-order valence-corrected chi connectivity index (χ3v) is 7.30. The largest absolute Gasteiger partial charge is 0.480 e. The lowest BCUT2D eigenvalue weighted by atomic mass is 10.0. The van der Waals surface area contributed by atoms with Crippen molar-refractivity contribution < 1.29 is 24.3 Å². The average Bonchev–Trinajstić information content (AvgIpc) is 3.66. The van der Waals surface area contributed by atoms with Gasteiger partial charge in [-0.1, -0.05) is 62.4 Å². The van der Waals surface area contributed by atoms with E-state index in [2.05, 4.69) is 30.9 Å². The Balaban J connectivity index is 1.56. The molecule has 232 valence electrons. The minimum absolute atomic E-state index is 0.00662. The second-order valence-electron chi connectivity index (χ2n) is 11.3. The summed E-state index contributed by atoms with van der Waals surface area (Å²) < 4.78 is 0. The highest BCUT2D eigenvalue weighted by Crippen LogP contribution is 2.19. The lowest BCUT2D eigenvalue weighted by molar-refractivity contribution is -0.142. The molecule has 2 heterocycles. The fourth-order valence-corrected chi connectivity index (χ4v) is 5.03. The zero-order chi connectivity index (χ0) is 31.6. The highest BCUT2D eigenvalue weighted by atomic mass is 16.4. The maximum Gasteiger partial charge on any atom is 0.326 e. The van der Waals surface area contributed by atoms with Crippen LogP contribution in [0.4, 0.5) is 0 Å². The molecular formula is C32H39N7O5.